The van der Waals surface area contributed by atoms with Crippen LogP contribution in [0.3, 0.4) is 0 Å². The van der Waals surface area contributed by atoms with Crippen LogP contribution in [0.1, 0.15) is 29.3 Å². The topological polar surface area (TPSA) is 16.1 Å². The Balaban J connectivity index is 1.74. The van der Waals surface area contributed by atoms with E-state index >= 15 is 0 Å². The third-order valence-electron chi connectivity index (χ3n) is 3.83. The molecule has 0 unspecified atom stereocenters. The summed E-state index contributed by atoms with van der Waals surface area (Å²) in [4.78, 5) is 7.12. The largest absolute Gasteiger partial charge is 0.294 e. The van der Waals surface area contributed by atoms with Gasteiger partial charge in [-0.3, -0.25) is 9.88 Å². The second-order valence-electron chi connectivity index (χ2n) is 5.25. The Morgan fingerprint density at radius 1 is 1.16 bits per heavy atom. The Morgan fingerprint density at radius 2 is 2.00 bits per heavy atom. The van der Waals surface area contributed by atoms with Crippen molar-refractivity contribution in [1.29, 1.82) is 0 Å². The lowest BCUT2D eigenvalue weighted by atomic mass is 10.0. The van der Waals surface area contributed by atoms with Crippen molar-refractivity contribution in [2.75, 3.05) is 6.54 Å². The lowest BCUT2D eigenvalue weighted by molar-refractivity contribution is 0.243. The molecule has 0 amide bonds. The van der Waals surface area contributed by atoms with Gasteiger partial charge in [-0.25, -0.2) is 0 Å². The number of pyridine rings is 1. The highest BCUT2D eigenvalue weighted by molar-refractivity contribution is 5.27. The van der Waals surface area contributed by atoms with Crippen molar-refractivity contribution in [1.82, 2.24) is 9.88 Å². The predicted molar refractivity (Wildman–Crippen MR) is 77.9 cm³/mol. The molecular weight excluding hydrogens is 232 g/mol. The smallest absolute Gasteiger partial charge is 0.0461 e. The first-order chi connectivity index (χ1) is 9.35. The van der Waals surface area contributed by atoms with Gasteiger partial charge in [0.05, 0.1) is 0 Å². The number of aryl methyl sites for hydroxylation is 1. The van der Waals surface area contributed by atoms with Gasteiger partial charge in [0.25, 0.3) is 0 Å². The predicted octanol–water partition coefficient (Wildman–Crippen LogP) is 3.20. The van der Waals surface area contributed by atoms with E-state index in [1.807, 2.05) is 6.20 Å². The van der Waals surface area contributed by atoms with E-state index in [1.54, 1.807) is 0 Å². The molecule has 0 radical (unpaired) electrons. The average molecular weight is 252 g/mol. The number of hydrogen-bond acceptors (Lipinski definition) is 2. The summed E-state index contributed by atoms with van der Waals surface area (Å²) in [6, 6.07) is 13.0. The molecular formula is C17H20N2. The Labute approximate surface area is 115 Å². The fraction of sp³-hybridized carbons (Fsp3) is 0.353. The second-order valence-corrected chi connectivity index (χ2v) is 5.25. The monoisotopic (exact) mass is 252 g/mol. The summed E-state index contributed by atoms with van der Waals surface area (Å²) in [5.74, 6) is 0. The minimum absolute atomic E-state index is 1.03. The summed E-state index contributed by atoms with van der Waals surface area (Å²) in [5, 5.41) is 0. The molecule has 0 fully saturated rings. The standard InChI is InChI=1S/C17H20N2/c1-2-14-10-16-13-19(9-8-17(16)18-11-14)12-15-6-4-3-5-7-15/h3-7,10-11H,2,8-9,12-13H2,1H3. The van der Waals surface area contributed by atoms with E-state index in [0.717, 1.165) is 32.5 Å². The van der Waals surface area contributed by atoms with Crippen molar-refractivity contribution in [2.24, 2.45) is 0 Å². The van der Waals surface area contributed by atoms with Crippen LogP contribution >= 0.6 is 0 Å². The first kappa shape index (κ1) is 12.4. The van der Waals surface area contributed by atoms with Gasteiger partial charge >= 0.3 is 0 Å². The maximum Gasteiger partial charge on any atom is 0.0461 e. The Kier molecular flexibility index (Phi) is 3.60. The molecule has 0 N–H and O–H groups in total. The Morgan fingerprint density at radius 3 is 2.79 bits per heavy atom. The van der Waals surface area contributed by atoms with E-state index < -0.39 is 0 Å². The molecule has 3 rings (SSSR count). The van der Waals surface area contributed by atoms with Crippen molar-refractivity contribution in [2.45, 2.75) is 32.9 Å². The van der Waals surface area contributed by atoms with Crippen LogP contribution in [0.5, 0.6) is 0 Å². The lowest BCUT2D eigenvalue weighted by Crippen LogP contribution is -2.30. The van der Waals surface area contributed by atoms with E-state index in [0.29, 0.717) is 0 Å². The summed E-state index contributed by atoms with van der Waals surface area (Å²) >= 11 is 0. The van der Waals surface area contributed by atoms with Crippen LogP contribution < -0.4 is 0 Å². The molecule has 0 saturated heterocycles. The summed E-state index contributed by atoms with van der Waals surface area (Å²) in [5.41, 5.74) is 5.45. The second kappa shape index (κ2) is 5.54. The minimum Gasteiger partial charge on any atom is -0.294 e. The molecule has 0 saturated carbocycles. The molecule has 1 aromatic carbocycles. The molecule has 1 aromatic heterocycles. The minimum atomic E-state index is 1.03. The molecule has 1 aliphatic heterocycles. The zero-order valence-corrected chi connectivity index (χ0v) is 11.5. The van der Waals surface area contributed by atoms with E-state index in [2.05, 4.69) is 53.2 Å². The molecule has 1 aliphatic rings. The summed E-state index contributed by atoms with van der Waals surface area (Å²) in [6.07, 6.45) is 4.18. The zero-order chi connectivity index (χ0) is 13.1. The van der Waals surface area contributed by atoms with Crippen molar-refractivity contribution < 1.29 is 0 Å². The third-order valence-corrected chi connectivity index (χ3v) is 3.83. The van der Waals surface area contributed by atoms with Gasteiger partial charge in [-0.2, -0.15) is 0 Å². The molecule has 0 aliphatic carbocycles. The van der Waals surface area contributed by atoms with Crippen molar-refractivity contribution in [3.8, 4) is 0 Å². The van der Waals surface area contributed by atoms with Crippen LogP contribution in [0.2, 0.25) is 0 Å². The van der Waals surface area contributed by atoms with Crippen LogP contribution in [0.4, 0.5) is 0 Å². The van der Waals surface area contributed by atoms with Gasteiger partial charge in [-0.15, -0.1) is 0 Å². The number of benzene rings is 1. The van der Waals surface area contributed by atoms with E-state index in [1.165, 1.54) is 22.4 Å². The fourth-order valence-corrected chi connectivity index (χ4v) is 2.70. The normalized spacial score (nSPS) is 15.2. The number of hydrogen-bond donors (Lipinski definition) is 0. The molecule has 98 valence electrons. The Bertz CT molecular complexity index is 548. The fourth-order valence-electron chi connectivity index (χ4n) is 2.70. The molecule has 2 heteroatoms. The first-order valence-electron chi connectivity index (χ1n) is 7.08. The number of rotatable bonds is 3. The summed E-state index contributed by atoms with van der Waals surface area (Å²) < 4.78 is 0. The van der Waals surface area contributed by atoms with Crippen molar-refractivity contribution >= 4 is 0 Å². The van der Waals surface area contributed by atoms with Gasteiger partial charge in [0.1, 0.15) is 0 Å². The van der Waals surface area contributed by atoms with E-state index in [9.17, 15) is 0 Å². The number of nitrogens with zero attached hydrogens (tertiary/aromatic N) is 2. The SMILES string of the molecule is CCc1cnc2c(c1)CN(Cc1ccccc1)CC2. The van der Waals surface area contributed by atoms with Crippen LogP contribution in [-0.2, 0) is 25.9 Å². The van der Waals surface area contributed by atoms with Crippen LogP contribution in [0.15, 0.2) is 42.6 Å². The molecule has 2 heterocycles. The molecule has 2 nitrogen and oxygen atoms in total. The molecule has 0 atom stereocenters. The average Bonchev–Trinajstić information content (AvgIpc) is 2.47. The van der Waals surface area contributed by atoms with Gasteiger partial charge in [0.15, 0.2) is 0 Å². The van der Waals surface area contributed by atoms with Gasteiger partial charge in [-0.1, -0.05) is 43.3 Å². The first-order valence-corrected chi connectivity index (χ1v) is 7.08. The van der Waals surface area contributed by atoms with E-state index in [4.69, 9.17) is 0 Å². The van der Waals surface area contributed by atoms with E-state index in [-0.39, 0.29) is 0 Å². The highest BCUT2D eigenvalue weighted by atomic mass is 15.1. The highest BCUT2D eigenvalue weighted by Gasteiger charge is 2.17. The summed E-state index contributed by atoms with van der Waals surface area (Å²) in [7, 11) is 0. The molecule has 19 heavy (non-hydrogen) atoms. The maximum absolute atomic E-state index is 4.60. The van der Waals surface area contributed by atoms with Gasteiger partial charge in [0, 0.05) is 37.9 Å². The number of aromatic nitrogens is 1. The van der Waals surface area contributed by atoms with Crippen molar-refractivity contribution in [3.63, 3.8) is 0 Å². The Hall–Kier alpha value is -1.67. The molecule has 0 bridgehead atoms. The van der Waals surface area contributed by atoms with Gasteiger partial charge in [0.2, 0.25) is 0 Å². The quantitative estimate of drug-likeness (QED) is 0.834. The van der Waals surface area contributed by atoms with Crippen molar-refractivity contribution in [3.05, 3.63) is 65.0 Å². The number of fused-ring (bicyclic) bond motifs is 1. The van der Waals surface area contributed by atoms with Gasteiger partial charge in [-0.05, 0) is 23.1 Å². The van der Waals surface area contributed by atoms with Crippen LogP contribution in [-0.4, -0.2) is 16.4 Å². The molecule has 0 spiro atoms. The zero-order valence-electron chi connectivity index (χ0n) is 11.5. The third kappa shape index (κ3) is 2.85. The lowest BCUT2D eigenvalue weighted by Gasteiger charge is -2.28. The van der Waals surface area contributed by atoms with Gasteiger partial charge < -0.3 is 0 Å². The summed E-state index contributed by atoms with van der Waals surface area (Å²) in [6.45, 7) is 5.37. The molecule has 2 aromatic rings. The maximum atomic E-state index is 4.60. The van der Waals surface area contributed by atoms with Crippen LogP contribution in [0.25, 0.3) is 0 Å². The highest BCUT2D eigenvalue weighted by Crippen LogP contribution is 2.20. The van der Waals surface area contributed by atoms with Crippen LogP contribution in [0, 0.1) is 0 Å².